The van der Waals surface area contributed by atoms with Crippen molar-refractivity contribution in [2.75, 3.05) is 5.32 Å². The first kappa shape index (κ1) is 53.5. The summed E-state index contributed by atoms with van der Waals surface area (Å²) in [5.41, 5.74) is -9.79. The van der Waals surface area contributed by atoms with Gasteiger partial charge in [-0.15, -0.1) is 0 Å². The molecule has 5 N–H and O–H groups in total. The predicted octanol–water partition coefficient (Wildman–Crippen LogP) is 6.11. The lowest BCUT2D eigenvalue weighted by Crippen LogP contribution is -2.92. The van der Waals surface area contributed by atoms with Gasteiger partial charge in [0.1, 0.15) is 25.0 Å². The first-order valence-electron chi connectivity index (χ1n) is 26.0. The van der Waals surface area contributed by atoms with E-state index in [2.05, 4.69) is 100 Å². The molecule has 8 rings (SSSR count). The van der Waals surface area contributed by atoms with E-state index in [1.165, 1.54) is 23.8 Å². The molecule has 0 bridgehead atoms. The van der Waals surface area contributed by atoms with Gasteiger partial charge in [-0.2, -0.15) is 4.98 Å². The average molecular weight is 1030 g/mol. The Hall–Kier alpha value is -5.84. The molecule has 0 radical (unpaired) electrons. The van der Waals surface area contributed by atoms with Gasteiger partial charge in [0.25, 0.3) is 0 Å². The van der Waals surface area contributed by atoms with Crippen LogP contribution in [-0.4, -0.2) is 82.9 Å². The molecule has 1 saturated carbocycles. The van der Waals surface area contributed by atoms with Crippen molar-refractivity contribution in [3.05, 3.63) is 205 Å². The smallest absolute Gasteiger partial charge is 0.350 e. The third-order valence-electron chi connectivity index (χ3n) is 15.9. The van der Waals surface area contributed by atoms with Crippen LogP contribution in [0.15, 0.2) is 199 Å². The minimum Gasteiger partial charge on any atom is -0.395 e. The van der Waals surface area contributed by atoms with Gasteiger partial charge in [-0.1, -0.05) is 255 Å². The molecule has 9 nitrogen and oxygen atoms in total. The summed E-state index contributed by atoms with van der Waals surface area (Å²) in [4.78, 5) is 32.5. The van der Waals surface area contributed by atoms with Crippen molar-refractivity contribution in [3.63, 3.8) is 0 Å². The SMILES string of the molecule is CC(=O)Nc1ccn(C2(C(O)[Si](CC(C)C)(c3ccccc3)c3ccccc3)CC(C(O)[Si](CC(C)C)(c3ccccc3)c3ccccc3)C2(O)C(O)[Si](CC(C)C)(c2ccccc2)c2ccccc2)c(=O)n1. The third kappa shape index (κ3) is 9.41. The Kier molecular flexibility index (Phi) is 16.1. The van der Waals surface area contributed by atoms with Gasteiger partial charge in [0.2, 0.25) is 5.91 Å². The summed E-state index contributed by atoms with van der Waals surface area (Å²) in [7, 11) is -11.0. The molecule has 1 aliphatic carbocycles. The molecule has 0 spiro atoms. The maximum Gasteiger partial charge on any atom is 0.350 e. The number of rotatable bonds is 20. The van der Waals surface area contributed by atoms with Crippen molar-refractivity contribution < 1.29 is 25.2 Å². The minimum absolute atomic E-state index is 0.000480. The topological polar surface area (TPSA) is 145 Å². The molecule has 1 fully saturated rings. The maximum atomic E-state index is 15.6. The minimum atomic E-state index is -3.80. The molecular formula is C61H73N3O6Si3. The fourth-order valence-electron chi connectivity index (χ4n) is 13.3. The van der Waals surface area contributed by atoms with Crippen molar-refractivity contribution in [2.24, 2.45) is 23.7 Å². The number of anilines is 1. The number of nitrogens with zero attached hydrogens (tertiary/aromatic N) is 2. The summed E-state index contributed by atoms with van der Waals surface area (Å²) in [5, 5.41) is 67.7. The molecule has 1 heterocycles. The van der Waals surface area contributed by atoms with Crippen LogP contribution >= 0.6 is 0 Å². The molecule has 0 aliphatic heterocycles. The van der Waals surface area contributed by atoms with E-state index in [1.807, 2.05) is 133 Å². The zero-order valence-corrected chi connectivity index (χ0v) is 46.3. The zero-order valence-electron chi connectivity index (χ0n) is 43.3. The number of amides is 1. The number of aromatic nitrogens is 2. The van der Waals surface area contributed by atoms with Crippen molar-refractivity contribution in [3.8, 4) is 0 Å². The number of aliphatic hydroxyl groups excluding tert-OH is 3. The summed E-state index contributed by atoms with van der Waals surface area (Å²) < 4.78 is 1.38. The Morgan fingerprint density at radius 2 is 0.863 bits per heavy atom. The van der Waals surface area contributed by atoms with Crippen LogP contribution in [0.3, 0.4) is 0 Å². The Balaban J connectivity index is 1.57. The number of carbonyl (C=O) groups excluding carboxylic acids is 1. The summed E-state index contributed by atoms with van der Waals surface area (Å²) in [5.74, 6) is -1.41. The lowest BCUT2D eigenvalue weighted by Gasteiger charge is -2.70. The molecule has 73 heavy (non-hydrogen) atoms. The van der Waals surface area contributed by atoms with Crippen LogP contribution in [0.5, 0.6) is 0 Å². The first-order valence-corrected chi connectivity index (χ1v) is 32.8. The Morgan fingerprint density at radius 1 is 0.548 bits per heavy atom. The van der Waals surface area contributed by atoms with Gasteiger partial charge in [-0.25, -0.2) is 4.79 Å². The third-order valence-corrected chi connectivity index (χ3v) is 32.7. The van der Waals surface area contributed by atoms with Gasteiger partial charge in [0.05, 0.1) is 17.2 Å². The summed E-state index contributed by atoms with van der Waals surface area (Å²) in [6.45, 7) is 14.2. The van der Waals surface area contributed by atoms with E-state index < -0.39 is 70.1 Å². The van der Waals surface area contributed by atoms with Gasteiger partial charge in [-0.3, -0.25) is 9.36 Å². The normalized spacial score (nSPS) is 19.6. The number of carbonyl (C=O) groups is 1. The average Bonchev–Trinajstić information content (AvgIpc) is 3.39. The lowest BCUT2D eigenvalue weighted by molar-refractivity contribution is -0.273. The highest BCUT2D eigenvalue weighted by atomic mass is 28.3. The van der Waals surface area contributed by atoms with Gasteiger partial charge in [0, 0.05) is 19.0 Å². The van der Waals surface area contributed by atoms with E-state index in [4.69, 9.17) is 0 Å². The molecule has 6 atom stereocenters. The van der Waals surface area contributed by atoms with E-state index >= 15 is 9.90 Å². The second kappa shape index (κ2) is 21.9. The summed E-state index contributed by atoms with van der Waals surface area (Å²) in [6.07, 6.45) is 1.43. The maximum absolute atomic E-state index is 15.6. The quantitative estimate of drug-likeness (QED) is 0.0581. The number of nitrogens with one attached hydrogen (secondary N) is 1. The second-order valence-corrected chi connectivity index (χ2v) is 34.1. The van der Waals surface area contributed by atoms with Crippen LogP contribution < -0.4 is 42.1 Å². The van der Waals surface area contributed by atoms with Crippen LogP contribution in [0.25, 0.3) is 0 Å². The van der Waals surface area contributed by atoms with Gasteiger partial charge in [-0.05, 0) is 48.4 Å². The number of hydrogen-bond donors (Lipinski definition) is 5. The molecule has 1 aliphatic rings. The van der Waals surface area contributed by atoms with Crippen LogP contribution in [0.2, 0.25) is 18.1 Å². The van der Waals surface area contributed by atoms with Crippen LogP contribution in [0.4, 0.5) is 5.82 Å². The van der Waals surface area contributed by atoms with E-state index in [9.17, 15) is 20.1 Å². The largest absolute Gasteiger partial charge is 0.395 e. The highest BCUT2D eigenvalue weighted by Crippen LogP contribution is 2.61. The molecule has 0 saturated heterocycles. The van der Waals surface area contributed by atoms with E-state index in [0.717, 1.165) is 31.1 Å². The molecular weight excluding hydrogens is 955 g/mol. The van der Waals surface area contributed by atoms with Gasteiger partial charge >= 0.3 is 5.69 Å². The molecule has 1 aromatic heterocycles. The predicted molar refractivity (Wildman–Crippen MR) is 305 cm³/mol. The Labute approximate surface area is 434 Å². The van der Waals surface area contributed by atoms with Crippen LogP contribution in [0, 0.1) is 23.7 Å². The fraction of sp³-hybridized carbons (Fsp3) is 0.328. The molecule has 6 unspecified atom stereocenters. The monoisotopic (exact) mass is 1030 g/mol. The highest BCUT2D eigenvalue weighted by Gasteiger charge is 2.80. The second-order valence-electron chi connectivity index (χ2n) is 21.9. The fourth-order valence-corrected chi connectivity index (χ4v) is 30.6. The highest BCUT2D eigenvalue weighted by molar-refractivity contribution is 7.05. The van der Waals surface area contributed by atoms with Crippen molar-refractivity contribution in [1.82, 2.24) is 9.55 Å². The van der Waals surface area contributed by atoms with E-state index in [0.29, 0.717) is 18.1 Å². The van der Waals surface area contributed by atoms with Crippen LogP contribution in [0.1, 0.15) is 54.9 Å². The standard InChI is InChI=1S/C61H73N3O6Si3/c1-44(2)41-71(48-26-14-8-15-27-48,49-28-16-9-17-29-49)56(66)54-40-60(64-39-38-55(62-47(7)65)63-59(64)69,57(67)72(42-45(3)4,50-30-18-10-19-31-50)51-32-20-11-21-33-51)61(54,70)58(68)73(43-46(5)6,52-34-22-12-23-35-52)53-36-24-13-25-37-53/h8-39,44-46,54,56-58,66-68,70H,40-43H2,1-7H3,(H,62,63,65,69). The number of aliphatic hydroxyl groups is 4. The van der Waals surface area contributed by atoms with Crippen molar-refractivity contribution in [2.45, 2.75) is 101 Å². The first-order chi connectivity index (χ1) is 35.0. The van der Waals surface area contributed by atoms with Crippen molar-refractivity contribution >= 4 is 67.1 Å². The summed E-state index contributed by atoms with van der Waals surface area (Å²) in [6, 6.07) is 63.4. The van der Waals surface area contributed by atoms with Crippen molar-refractivity contribution in [1.29, 1.82) is 0 Å². The van der Waals surface area contributed by atoms with Gasteiger partial charge in [0.15, 0.2) is 16.1 Å². The van der Waals surface area contributed by atoms with Gasteiger partial charge < -0.3 is 25.7 Å². The molecule has 6 aromatic carbocycles. The van der Waals surface area contributed by atoms with E-state index in [-0.39, 0.29) is 30.0 Å². The molecule has 7 aromatic rings. The molecule has 380 valence electrons. The molecule has 12 heteroatoms. The van der Waals surface area contributed by atoms with Crippen LogP contribution in [-0.2, 0) is 10.3 Å². The Morgan fingerprint density at radius 3 is 1.18 bits per heavy atom. The number of hydrogen-bond acceptors (Lipinski definition) is 7. The summed E-state index contributed by atoms with van der Waals surface area (Å²) >= 11 is 0. The molecule has 1 amide bonds. The zero-order chi connectivity index (χ0) is 52.2. The Bertz CT molecular complexity index is 2850. The lowest BCUT2D eigenvalue weighted by atomic mass is 9.55. The number of benzene rings is 6. The van der Waals surface area contributed by atoms with E-state index in [1.54, 1.807) is 0 Å².